The van der Waals surface area contributed by atoms with Gasteiger partial charge in [-0.2, -0.15) is 5.10 Å². The van der Waals surface area contributed by atoms with Crippen LogP contribution in [0.15, 0.2) is 30.5 Å². The van der Waals surface area contributed by atoms with Gasteiger partial charge in [-0.3, -0.25) is 0 Å². The van der Waals surface area contributed by atoms with Crippen molar-refractivity contribution < 1.29 is 9.13 Å². The molecular weight excluding hydrogens is 321 g/mol. The van der Waals surface area contributed by atoms with E-state index in [1.54, 1.807) is 23.0 Å². The summed E-state index contributed by atoms with van der Waals surface area (Å²) in [5.74, 6) is 1.66. The molecule has 2 aromatic heterocycles. The van der Waals surface area contributed by atoms with Crippen LogP contribution in [0.5, 0.6) is 0 Å². The maximum atomic E-state index is 13.2. The summed E-state index contributed by atoms with van der Waals surface area (Å²) in [6, 6.07) is 6.20. The van der Waals surface area contributed by atoms with Gasteiger partial charge in [0.25, 0.3) is 0 Å². The summed E-state index contributed by atoms with van der Waals surface area (Å²) in [4.78, 5) is 9.05. The normalized spacial score (nSPS) is 17.8. The fourth-order valence-corrected chi connectivity index (χ4v) is 3.13. The number of benzene rings is 1. The molecule has 3 aromatic rings. The fourth-order valence-electron chi connectivity index (χ4n) is 3.13. The molecule has 4 rings (SSSR count). The van der Waals surface area contributed by atoms with Crippen LogP contribution in [0.1, 0.15) is 18.7 Å². The van der Waals surface area contributed by atoms with Gasteiger partial charge in [0.05, 0.1) is 23.9 Å². The van der Waals surface area contributed by atoms with Crippen molar-refractivity contribution >= 4 is 16.9 Å². The number of halogens is 1. The molecule has 1 aliphatic heterocycles. The average molecular weight is 341 g/mol. The molecule has 0 saturated carbocycles. The second-order valence-corrected chi connectivity index (χ2v) is 6.35. The minimum atomic E-state index is -0.275. The molecule has 1 aliphatic rings. The Balaban J connectivity index is 1.65. The molecule has 25 heavy (non-hydrogen) atoms. The van der Waals surface area contributed by atoms with Crippen LogP contribution in [0.3, 0.4) is 0 Å². The van der Waals surface area contributed by atoms with Gasteiger partial charge in [-0.15, -0.1) is 0 Å². The zero-order valence-corrected chi connectivity index (χ0v) is 14.1. The van der Waals surface area contributed by atoms with E-state index >= 15 is 0 Å². The lowest BCUT2D eigenvalue weighted by Crippen LogP contribution is -2.24. The third-order valence-corrected chi connectivity index (χ3v) is 4.42. The monoisotopic (exact) mass is 341 g/mol. The Labute approximate surface area is 145 Å². The van der Waals surface area contributed by atoms with Crippen LogP contribution in [0, 0.1) is 18.7 Å². The van der Waals surface area contributed by atoms with Gasteiger partial charge in [0.2, 0.25) is 0 Å². The third-order valence-electron chi connectivity index (χ3n) is 4.42. The molecule has 1 saturated heterocycles. The molecule has 1 fully saturated rings. The zero-order chi connectivity index (χ0) is 17.2. The number of hydrogen-bond acceptors (Lipinski definition) is 5. The minimum absolute atomic E-state index is 0.275. The van der Waals surface area contributed by atoms with Gasteiger partial charge in [-0.25, -0.2) is 19.0 Å². The predicted molar refractivity (Wildman–Crippen MR) is 93.4 cm³/mol. The summed E-state index contributed by atoms with van der Waals surface area (Å²) in [6.45, 7) is 4.32. The molecule has 130 valence electrons. The van der Waals surface area contributed by atoms with Gasteiger partial charge in [-0.05, 0) is 49.9 Å². The molecule has 0 spiro atoms. The highest BCUT2D eigenvalue weighted by Crippen LogP contribution is 2.24. The summed E-state index contributed by atoms with van der Waals surface area (Å²) < 4.78 is 20.4. The second kappa shape index (κ2) is 6.76. The van der Waals surface area contributed by atoms with E-state index in [0.29, 0.717) is 17.4 Å². The van der Waals surface area contributed by atoms with E-state index in [0.717, 1.165) is 49.5 Å². The van der Waals surface area contributed by atoms with Gasteiger partial charge < -0.3 is 10.1 Å². The molecule has 7 heteroatoms. The van der Waals surface area contributed by atoms with Gasteiger partial charge in [0, 0.05) is 13.2 Å². The molecule has 0 bridgehead atoms. The lowest BCUT2D eigenvalue weighted by atomic mass is 10.0. The Hall–Kier alpha value is -2.54. The number of aryl methyl sites for hydroxylation is 1. The van der Waals surface area contributed by atoms with Crippen molar-refractivity contribution in [2.24, 2.45) is 5.92 Å². The number of ether oxygens (including phenoxy) is 1. The van der Waals surface area contributed by atoms with Gasteiger partial charge in [-0.1, -0.05) is 0 Å². The Kier molecular flexibility index (Phi) is 4.31. The highest BCUT2D eigenvalue weighted by Gasteiger charge is 2.16. The molecule has 1 aromatic carbocycles. The van der Waals surface area contributed by atoms with E-state index in [1.807, 2.05) is 6.92 Å². The van der Waals surface area contributed by atoms with E-state index in [1.165, 1.54) is 12.1 Å². The lowest BCUT2D eigenvalue weighted by molar-refractivity contribution is 0.0595. The maximum absolute atomic E-state index is 13.2. The highest BCUT2D eigenvalue weighted by atomic mass is 19.1. The van der Waals surface area contributed by atoms with E-state index in [2.05, 4.69) is 20.4 Å². The molecule has 0 amide bonds. The standard InChI is InChI=1S/C18H20FN5O/c1-12-22-17(20-9-13-3-2-8-25-11-13)16-10-21-24(18(16)23-12)15-6-4-14(19)5-7-15/h4-7,10,13H,2-3,8-9,11H2,1H3,(H,20,22,23). The van der Waals surface area contributed by atoms with Crippen molar-refractivity contribution in [1.29, 1.82) is 0 Å². The first-order chi connectivity index (χ1) is 12.2. The van der Waals surface area contributed by atoms with E-state index in [9.17, 15) is 4.39 Å². The number of fused-ring (bicyclic) bond motifs is 1. The average Bonchev–Trinajstić information content (AvgIpc) is 3.05. The minimum Gasteiger partial charge on any atom is -0.381 e. The van der Waals surface area contributed by atoms with E-state index in [-0.39, 0.29) is 5.82 Å². The number of rotatable bonds is 4. The van der Waals surface area contributed by atoms with Gasteiger partial charge >= 0.3 is 0 Å². The predicted octanol–water partition coefficient (Wildman–Crippen LogP) is 3.10. The van der Waals surface area contributed by atoms with Crippen molar-refractivity contribution in [3.05, 3.63) is 42.1 Å². The molecule has 1 unspecified atom stereocenters. The molecule has 6 nitrogen and oxygen atoms in total. The van der Waals surface area contributed by atoms with E-state index < -0.39 is 0 Å². The van der Waals surface area contributed by atoms with Crippen molar-refractivity contribution in [3.8, 4) is 5.69 Å². The Morgan fingerprint density at radius 2 is 2.12 bits per heavy atom. The molecule has 0 radical (unpaired) electrons. The number of aromatic nitrogens is 4. The zero-order valence-electron chi connectivity index (χ0n) is 14.1. The van der Waals surface area contributed by atoms with Crippen LogP contribution in [0.2, 0.25) is 0 Å². The number of anilines is 1. The van der Waals surface area contributed by atoms with Crippen LogP contribution >= 0.6 is 0 Å². The molecule has 0 aliphatic carbocycles. The van der Waals surface area contributed by atoms with Crippen molar-refractivity contribution in [2.45, 2.75) is 19.8 Å². The first-order valence-electron chi connectivity index (χ1n) is 8.50. The number of nitrogens with zero attached hydrogens (tertiary/aromatic N) is 4. The van der Waals surface area contributed by atoms with Crippen LogP contribution in [0.4, 0.5) is 10.2 Å². The Morgan fingerprint density at radius 3 is 2.88 bits per heavy atom. The number of nitrogens with one attached hydrogen (secondary N) is 1. The maximum Gasteiger partial charge on any atom is 0.168 e. The highest BCUT2D eigenvalue weighted by molar-refractivity contribution is 5.87. The summed E-state index contributed by atoms with van der Waals surface area (Å²) in [5.41, 5.74) is 1.47. The molecular formula is C18H20FN5O. The summed E-state index contributed by atoms with van der Waals surface area (Å²) in [5, 5.41) is 8.70. The lowest BCUT2D eigenvalue weighted by Gasteiger charge is -2.22. The third kappa shape index (κ3) is 3.32. The summed E-state index contributed by atoms with van der Waals surface area (Å²) >= 11 is 0. The van der Waals surface area contributed by atoms with Crippen molar-refractivity contribution in [3.63, 3.8) is 0 Å². The SMILES string of the molecule is Cc1nc(NCC2CCCOC2)c2cnn(-c3ccc(F)cc3)c2n1. The summed E-state index contributed by atoms with van der Waals surface area (Å²) in [6.07, 6.45) is 4.01. The van der Waals surface area contributed by atoms with Crippen LogP contribution in [-0.2, 0) is 4.74 Å². The quantitative estimate of drug-likeness (QED) is 0.790. The largest absolute Gasteiger partial charge is 0.381 e. The number of hydrogen-bond donors (Lipinski definition) is 1. The fraction of sp³-hybridized carbons (Fsp3) is 0.389. The van der Waals surface area contributed by atoms with Gasteiger partial charge in [0.15, 0.2) is 5.65 Å². The van der Waals surface area contributed by atoms with Gasteiger partial charge in [0.1, 0.15) is 17.5 Å². The van der Waals surface area contributed by atoms with Crippen LogP contribution in [0.25, 0.3) is 16.7 Å². The topological polar surface area (TPSA) is 64.9 Å². The molecule has 1 N–H and O–H groups in total. The van der Waals surface area contributed by atoms with Crippen molar-refractivity contribution in [1.82, 2.24) is 19.7 Å². The van der Waals surface area contributed by atoms with E-state index in [4.69, 9.17) is 4.74 Å². The van der Waals surface area contributed by atoms with Crippen LogP contribution in [-0.4, -0.2) is 39.5 Å². The van der Waals surface area contributed by atoms with Crippen molar-refractivity contribution in [2.75, 3.05) is 25.1 Å². The van der Waals surface area contributed by atoms with Crippen LogP contribution < -0.4 is 5.32 Å². The Morgan fingerprint density at radius 1 is 1.28 bits per heavy atom. The molecule has 3 heterocycles. The second-order valence-electron chi connectivity index (χ2n) is 6.35. The Bertz CT molecular complexity index is 871. The smallest absolute Gasteiger partial charge is 0.168 e. The summed E-state index contributed by atoms with van der Waals surface area (Å²) in [7, 11) is 0. The first-order valence-corrected chi connectivity index (χ1v) is 8.50. The first kappa shape index (κ1) is 16.0. The molecule has 1 atom stereocenters.